The van der Waals surface area contributed by atoms with Crippen molar-refractivity contribution in [3.8, 4) is 0 Å². The minimum absolute atomic E-state index is 0. The molecule has 0 saturated carbocycles. The number of rotatable bonds is 7. The minimum atomic E-state index is -4.51. The molecule has 1 rings (SSSR count). The van der Waals surface area contributed by atoms with E-state index in [0.29, 0.717) is 0 Å². The van der Waals surface area contributed by atoms with Crippen molar-refractivity contribution < 1.29 is 48.7 Å². The average molecular weight is 364 g/mol. The molecule has 0 bridgehead atoms. The molecule has 0 aromatic heterocycles. The van der Waals surface area contributed by atoms with E-state index in [1.807, 2.05) is 4.72 Å². The van der Waals surface area contributed by atoms with Gasteiger partial charge in [-0.15, -0.1) is 0 Å². The fourth-order valence-electron chi connectivity index (χ4n) is 1.30. The number of sulfonamides is 2. The summed E-state index contributed by atoms with van der Waals surface area (Å²) in [7, 11) is -12.0. The summed E-state index contributed by atoms with van der Waals surface area (Å²) in [5.41, 5.74) is 0.179. The molecule has 0 aliphatic carbocycles. The van der Waals surface area contributed by atoms with Crippen molar-refractivity contribution >= 4 is 35.9 Å². The van der Waals surface area contributed by atoms with Crippen LogP contribution >= 0.6 is 0 Å². The molecule has 0 fully saturated rings. The Balaban J connectivity index is 0.00000441. The van der Waals surface area contributed by atoms with E-state index < -0.39 is 42.5 Å². The van der Waals surface area contributed by atoms with Gasteiger partial charge in [0.2, 0.25) is 20.0 Å². The van der Waals surface area contributed by atoms with Crippen LogP contribution in [-0.4, -0.2) is 48.4 Å². The van der Waals surface area contributed by atoms with Gasteiger partial charge in [0.05, 0.1) is 27.0 Å². The first-order chi connectivity index (χ1) is 9.39. The number of hydrogen-bond acceptors (Lipinski definition) is 7. The molecule has 22 heavy (non-hydrogen) atoms. The van der Waals surface area contributed by atoms with Gasteiger partial charge >= 0.3 is 18.9 Å². The standard InChI is InChI=1S/C9H14N2O7S3.Li/c1-19(12,13)11-8-2-4-9(5-3-8)21(17,18)10-6-7-20(14,15)16;/h2-5,10-11H,6-7H2,1H3,(H,14,15,16);/q;+1/p-1. The molecule has 0 spiro atoms. The summed E-state index contributed by atoms with van der Waals surface area (Å²) in [6.07, 6.45) is 0.947. The minimum Gasteiger partial charge on any atom is -0.748 e. The van der Waals surface area contributed by atoms with Gasteiger partial charge < -0.3 is 4.55 Å². The monoisotopic (exact) mass is 364 g/mol. The van der Waals surface area contributed by atoms with Crippen molar-refractivity contribution in [2.45, 2.75) is 4.90 Å². The first kappa shape index (κ1) is 21.4. The Bertz CT molecular complexity index is 801. The summed E-state index contributed by atoms with van der Waals surface area (Å²) in [6.45, 7) is -0.544. The van der Waals surface area contributed by atoms with Crippen molar-refractivity contribution in [1.29, 1.82) is 0 Å². The second kappa shape index (κ2) is 7.78. The van der Waals surface area contributed by atoms with Crippen molar-refractivity contribution in [2.75, 3.05) is 23.3 Å². The van der Waals surface area contributed by atoms with E-state index in [1.165, 1.54) is 12.1 Å². The Labute approximate surface area is 141 Å². The Morgan fingerprint density at radius 2 is 1.50 bits per heavy atom. The van der Waals surface area contributed by atoms with Crippen LogP contribution in [0.5, 0.6) is 0 Å². The molecule has 0 atom stereocenters. The zero-order valence-corrected chi connectivity index (χ0v) is 14.3. The van der Waals surface area contributed by atoms with Crippen LogP contribution in [0, 0.1) is 0 Å². The van der Waals surface area contributed by atoms with E-state index in [1.54, 1.807) is 0 Å². The van der Waals surface area contributed by atoms with Gasteiger partial charge in [-0.25, -0.2) is 30.0 Å². The van der Waals surface area contributed by atoms with Crippen LogP contribution in [0.1, 0.15) is 0 Å². The largest absolute Gasteiger partial charge is 1.00 e. The molecular formula is C9H13LiN2O7S3. The molecule has 0 aliphatic heterocycles. The van der Waals surface area contributed by atoms with E-state index in [9.17, 15) is 29.8 Å². The van der Waals surface area contributed by atoms with Gasteiger partial charge in [0, 0.05) is 12.2 Å². The van der Waals surface area contributed by atoms with Gasteiger partial charge in [-0.2, -0.15) is 0 Å². The Kier molecular flexibility index (Phi) is 7.56. The molecule has 9 nitrogen and oxygen atoms in total. The van der Waals surface area contributed by atoms with Gasteiger partial charge in [0.15, 0.2) is 0 Å². The topological polar surface area (TPSA) is 150 Å². The number of hydrogen-bond donors (Lipinski definition) is 2. The van der Waals surface area contributed by atoms with Crippen LogP contribution < -0.4 is 28.3 Å². The van der Waals surface area contributed by atoms with Gasteiger partial charge in [0.1, 0.15) is 0 Å². The zero-order chi connectivity index (χ0) is 16.3. The van der Waals surface area contributed by atoms with E-state index in [-0.39, 0.29) is 29.4 Å². The summed E-state index contributed by atoms with van der Waals surface area (Å²) in [6, 6.07) is 4.75. The molecule has 1 aromatic carbocycles. The van der Waals surface area contributed by atoms with Gasteiger partial charge in [-0.1, -0.05) is 0 Å². The summed E-state index contributed by atoms with van der Waals surface area (Å²) in [4.78, 5) is -0.190. The van der Waals surface area contributed by atoms with Crippen LogP contribution in [-0.2, 0) is 30.2 Å². The molecule has 0 saturated heterocycles. The third kappa shape index (κ3) is 8.13. The average Bonchev–Trinajstić information content (AvgIpc) is 2.25. The molecule has 0 aliphatic rings. The van der Waals surface area contributed by atoms with Crippen molar-refractivity contribution in [3.05, 3.63) is 24.3 Å². The van der Waals surface area contributed by atoms with Crippen LogP contribution in [0.25, 0.3) is 0 Å². The smallest absolute Gasteiger partial charge is 0.748 e. The van der Waals surface area contributed by atoms with Gasteiger partial charge in [-0.05, 0) is 24.3 Å². The summed E-state index contributed by atoms with van der Waals surface area (Å²) < 4.78 is 80.8. The Morgan fingerprint density at radius 1 is 1.00 bits per heavy atom. The predicted octanol–water partition coefficient (Wildman–Crippen LogP) is -4.11. The molecule has 0 radical (unpaired) electrons. The predicted molar refractivity (Wildman–Crippen MR) is 74.7 cm³/mol. The van der Waals surface area contributed by atoms with Gasteiger partial charge in [0.25, 0.3) is 0 Å². The maximum absolute atomic E-state index is 11.8. The Morgan fingerprint density at radius 3 is 1.91 bits per heavy atom. The maximum atomic E-state index is 11.8. The molecule has 0 amide bonds. The van der Waals surface area contributed by atoms with E-state index in [0.717, 1.165) is 18.4 Å². The SMILES string of the molecule is CS(=O)(=O)Nc1ccc(S(=O)(=O)NCCS(=O)(=O)[O-])cc1.[Li+]. The maximum Gasteiger partial charge on any atom is 1.00 e. The number of benzene rings is 1. The zero-order valence-electron chi connectivity index (χ0n) is 11.8. The molecule has 0 heterocycles. The molecule has 13 heteroatoms. The summed E-state index contributed by atoms with van der Waals surface area (Å²) >= 11 is 0. The molecule has 0 unspecified atom stereocenters. The third-order valence-corrected chi connectivity index (χ3v) is 4.90. The fourth-order valence-corrected chi connectivity index (χ4v) is 3.38. The van der Waals surface area contributed by atoms with E-state index in [4.69, 9.17) is 0 Å². The first-order valence-electron chi connectivity index (χ1n) is 5.40. The summed E-state index contributed by atoms with van der Waals surface area (Å²) in [5.74, 6) is -0.861. The van der Waals surface area contributed by atoms with Crippen LogP contribution in [0.3, 0.4) is 0 Å². The quantitative estimate of drug-likeness (QED) is 0.369. The molecule has 120 valence electrons. The molecule has 1 aromatic rings. The van der Waals surface area contributed by atoms with Crippen LogP contribution in [0.15, 0.2) is 29.2 Å². The Hall–Kier alpha value is -0.613. The second-order valence-corrected chi connectivity index (χ2v) is 9.10. The number of nitrogens with one attached hydrogen (secondary N) is 2. The van der Waals surface area contributed by atoms with Crippen LogP contribution in [0.4, 0.5) is 5.69 Å². The normalized spacial score (nSPS) is 12.5. The second-order valence-electron chi connectivity index (χ2n) is 4.06. The van der Waals surface area contributed by atoms with Gasteiger partial charge in [-0.3, -0.25) is 4.72 Å². The fraction of sp³-hybridized carbons (Fsp3) is 0.333. The summed E-state index contributed by atoms with van der Waals surface area (Å²) in [5, 5.41) is 0. The molecule has 2 N–H and O–H groups in total. The number of anilines is 1. The third-order valence-electron chi connectivity index (χ3n) is 2.11. The van der Waals surface area contributed by atoms with Crippen LogP contribution in [0.2, 0.25) is 0 Å². The van der Waals surface area contributed by atoms with Crippen molar-refractivity contribution in [2.24, 2.45) is 0 Å². The molecular weight excluding hydrogens is 351 g/mol. The van der Waals surface area contributed by atoms with E-state index >= 15 is 0 Å². The van der Waals surface area contributed by atoms with Crippen molar-refractivity contribution in [1.82, 2.24) is 4.72 Å². The van der Waals surface area contributed by atoms with Crippen molar-refractivity contribution in [3.63, 3.8) is 0 Å². The van der Waals surface area contributed by atoms with E-state index in [2.05, 4.69) is 4.72 Å². The first-order valence-corrected chi connectivity index (χ1v) is 10.4.